The lowest BCUT2D eigenvalue weighted by Crippen LogP contribution is -2.13. The summed E-state index contributed by atoms with van der Waals surface area (Å²) in [5.74, 6) is 0.488. The van der Waals surface area contributed by atoms with E-state index in [-0.39, 0.29) is 17.1 Å². The quantitative estimate of drug-likeness (QED) is 0.468. The Hall–Kier alpha value is -3.88. The highest BCUT2D eigenvalue weighted by Crippen LogP contribution is 2.39. The van der Waals surface area contributed by atoms with Gasteiger partial charge in [-0.3, -0.25) is 9.89 Å². The van der Waals surface area contributed by atoms with E-state index in [0.717, 1.165) is 0 Å². The molecule has 0 aliphatic rings. The summed E-state index contributed by atoms with van der Waals surface area (Å²) in [5.41, 5.74) is 2.10. The Morgan fingerprint density at radius 2 is 1.70 bits per heavy atom. The van der Waals surface area contributed by atoms with Gasteiger partial charge in [0.15, 0.2) is 11.5 Å². The number of hydrogen-bond acceptors (Lipinski definition) is 7. The van der Waals surface area contributed by atoms with E-state index < -0.39 is 5.91 Å². The molecule has 0 unspecified atom stereocenters. The number of ether oxygens (including phenoxy) is 3. The number of phenols is 2. The number of rotatable bonds is 7. The number of benzene rings is 2. The number of methoxy groups -OCH3 is 3. The van der Waals surface area contributed by atoms with E-state index in [1.165, 1.54) is 45.7 Å². The van der Waals surface area contributed by atoms with Crippen LogP contribution in [0.2, 0.25) is 0 Å². The monoisotopic (exact) mass is 413 g/mol. The van der Waals surface area contributed by atoms with E-state index in [4.69, 9.17) is 14.2 Å². The zero-order valence-electron chi connectivity index (χ0n) is 17.1. The molecule has 0 bridgehead atoms. The van der Waals surface area contributed by atoms with Crippen LogP contribution in [-0.4, -0.2) is 47.6 Å². The third-order valence-corrected chi connectivity index (χ3v) is 4.66. The molecule has 158 valence electrons. The van der Waals surface area contributed by atoms with E-state index in [9.17, 15) is 15.0 Å². The van der Waals surface area contributed by atoms with Gasteiger partial charge in [0.05, 0.1) is 38.9 Å². The molecule has 2 aromatic carbocycles. The predicted octanol–water partition coefficient (Wildman–Crippen LogP) is 3.33. The number of hydrogen-bond donors (Lipinski definition) is 4. The van der Waals surface area contributed by atoms with Crippen LogP contribution in [0.3, 0.4) is 0 Å². The molecule has 3 rings (SSSR count). The molecule has 9 nitrogen and oxygen atoms in total. The number of phenolic OH excluding ortho intramolecular Hbond substituents is 2. The van der Waals surface area contributed by atoms with Gasteiger partial charge in [-0.1, -0.05) is 6.92 Å². The Kier molecular flexibility index (Phi) is 6.01. The van der Waals surface area contributed by atoms with Gasteiger partial charge >= 0.3 is 0 Å². The first-order chi connectivity index (χ1) is 14.4. The third kappa shape index (κ3) is 3.82. The van der Waals surface area contributed by atoms with Crippen molar-refractivity contribution >= 4 is 11.6 Å². The molecule has 0 spiro atoms. The average Bonchev–Trinajstić information content (AvgIpc) is 3.20. The van der Waals surface area contributed by atoms with Crippen LogP contribution >= 0.6 is 0 Å². The van der Waals surface area contributed by atoms with Crippen LogP contribution in [0.15, 0.2) is 30.5 Å². The number of carbonyl (C=O) groups excluding carboxylic acids is 1. The first kappa shape index (κ1) is 20.8. The largest absolute Gasteiger partial charge is 0.508 e. The molecule has 30 heavy (non-hydrogen) atoms. The van der Waals surface area contributed by atoms with Crippen LogP contribution in [0, 0.1) is 0 Å². The number of aromatic amines is 1. The van der Waals surface area contributed by atoms with Crippen LogP contribution in [0.1, 0.15) is 22.8 Å². The fraction of sp³-hybridized carbons (Fsp3) is 0.238. The van der Waals surface area contributed by atoms with Crippen molar-refractivity contribution < 1.29 is 29.2 Å². The smallest absolute Gasteiger partial charge is 0.256 e. The molecule has 1 amide bonds. The van der Waals surface area contributed by atoms with Crippen molar-refractivity contribution in [3.05, 3.63) is 41.6 Å². The molecule has 3 aromatic rings. The SMILES string of the molecule is CCc1cc(-c2[nH]ncc2NC(=O)c2cc(OC)c(OC)c(OC)c2)c(O)cc1O. The second-order valence-corrected chi connectivity index (χ2v) is 6.38. The molecule has 0 fully saturated rings. The number of nitrogens with zero attached hydrogens (tertiary/aromatic N) is 1. The van der Waals surface area contributed by atoms with Gasteiger partial charge in [-0.2, -0.15) is 5.10 Å². The summed E-state index contributed by atoms with van der Waals surface area (Å²) in [6, 6.07) is 5.97. The molecular weight excluding hydrogens is 390 g/mol. The summed E-state index contributed by atoms with van der Waals surface area (Å²) in [7, 11) is 4.41. The summed E-state index contributed by atoms with van der Waals surface area (Å²) < 4.78 is 15.9. The summed E-state index contributed by atoms with van der Waals surface area (Å²) in [6.45, 7) is 1.88. The van der Waals surface area contributed by atoms with Gasteiger partial charge < -0.3 is 29.7 Å². The van der Waals surface area contributed by atoms with Gasteiger partial charge in [-0.05, 0) is 30.2 Å². The lowest BCUT2D eigenvalue weighted by atomic mass is 10.0. The highest BCUT2D eigenvalue weighted by Gasteiger charge is 2.20. The van der Waals surface area contributed by atoms with Gasteiger partial charge in [0.25, 0.3) is 5.91 Å². The Balaban J connectivity index is 1.97. The van der Waals surface area contributed by atoms with Crippen molar-refractivity contribution in [2.24, 2.45) is 0 Å². The number of carbonyl (C=O) groups is 1. The summed E-state index contributed by atoms with van der Waals surface area (Å²) in [6.07, 6.45) is 2.00. The lowest BCUT2D eigenvalue weighted by molar-refractivity contribution is 0.102. The number of aromatic nitrogens is 2. The van der Waals surface area contributed by atoms with Crippen LogP contribution in [-0.2, 0) is 6.42 Å². The molecule has 1 aromatic heterocycles. The van der Waals surface area contributed by atoms with Crippen molar-refractivity contribution in [1.29, 1.82) is 0 Å². The number of anilines is 1. The molecule has 0 aliphatic carbocycles. The second-order valence-electron chi connectivity index (χ2n) is 6.38. The van der Waals surface area contributed by atoms with E-state index in [0.29, 0.717) is 46.2 Å². The topological polar surface area (TPSA) is 126 Å². The normalized spacial score (nSPS) is 10.5. The molecule has 0 saturated carbocycles. The molecule has 0 aliphatic heterocycles. The number of H-pyrrole nitrogens is 1. The highest BCUT2D eigenvalue weighted by atomic mass is 16.5. The van der Waals surface area contributed by atoms with Crippen molar-refractivity contribution in [3.8, 4) is 40.0 Å². The van der Waals surface area contributed by atoms with Crippen molar-refractivity contribution in [3.63, 3.8) is 0 Å². The van der Waals surface area contributed by atoms with E-state index in [2.05, 4.69) is 15.5 Å². The molecule has 0 saturated heterocycles. The van der Waals surface area contributed by atoms with Crippen LogP contribution in [0.5, 0.6) is 28.7 Å². The molecule has 0 radical (unpaired) electrons. The number of aryl methyl sites for hydroxylation is 1. The fourth-order valence-electron chi connectivity index (χ4n) is 3.10. The number of amides is 1. The maximum Gasteiger partial charge on any atom is 0.256 e. The maximum atomic E-state index is 12.9. The standard InChI is InChI=1S/C21H23N3O6/c1-5-11-6-13(16(26)9-15(11)25)19-14(10-22-24-19)23-21(27)12-7-17(28-2)20(30-4)18(8-12)29-3/h6-10,25-26H,5H2,1-4H3,(H,22,24)(H,23,27). The first-order valence-corrected chi connectivity index (χ1v) is 9.13. The minimum Gasteiger partial charge on any atom is -0.508 e. The molecular formula is C21H23N3O6. The van der Waals surface area contributed by atoms with Gasteiger partial charge in [-0.15, -0.1) is 0 Å². The fourth-order valence-corrected chi connectivity index (χ4v) is 3.10. The van der Waals surface area contributed by atoms with Crippen molar-refractivity contribution in [2.75, 3.05) is 26.6 Å². The summed E-state index contributed by atoms with van der Waals surface area (Å²) >= 11 is 0. The van der Waals surface area contributed by atoms with Gasteiger partial charge in [0.1, 0.15) is 11.5 Å². The third-order valence-electron chi connectivity index (χ3n) is 4.66. The summed E-state index contributed by atoms with van der Waals surface area (Å²) in [5, 5.41) is 29.7. The Labute approximate surface area is 173 Å². The van der Waals surface area contributed by atoms with Gasteiger partial charge in [0, 0.05) is 17.2 Å². The second kappa shape index (κ2) is 8.64. The average molecular weight is 413 g/mol. The van der Waals surface area contributed by atoms with E-state index >= 15 is 0 Å². The Morgan fingerprint density at radius 3 is 2.27 bits per heavy atom. The first-order valence-electron chi connectivity index (χ1n) is 9.13. The molecule has 0 atom stereocenters. The minimum absolute atomic E-state index is 0.00118. The number of aromatic hydroxyl groups is 2. The zero-order chi connectivity index (χ0) is 21.8. The Morgan fingerprint density at radius 1 is 1.03 bits per heavy atom. The van der Waals surface area contributed by atoms with Crippen molar-refractivity contribution in [2.45, 2.75) is 13.3 Å². The van der Waals surface area contributed by atoms with Crippen LogP contribution < -0.4 is 19.5 Å². The van der Waals surface area contributed by atoms with Crippen LogP contribution in [0.4, 0.5) is 5.69 Å². The van der Waals surface area contributed by atoms with Crippen molar-refractivity contribution in [1.82, 2.24) is 10.2 Å². The molecule has 1 heterocycles. The van der Waals surface area contributed by atoms with E-state index in [1.807, 2.05) is 6.92 Å². The van der Waals surface area contributed by atoms with E-state index in [1.54, 1.807) is 6.07 Å². The Bertz CT molecular complexity index is 1050. The molecule has 9 heteroatoms. The summed E-state index contributed by atoms with van der Waals surface area (Å²) in [4.78, 5) is 12.9. The lowest BCUT2D eigenvalue weighted by Gasteiger charge is -2.14. The minimum atomic E-state index is -0.439. The van der Waals surface area contributed by atoms with Crippen LogP contribution in [0.25, 0.3) is 11.3 Å². The molecule has 4 N–H and O–H groups in total. The highest BCUT2D eigenvalue weighted by molar-refractivity contribution is 6.06. The maximum absolute atomic E-state index is 12.9. The predicted molar refractivity (Wildman–Crippen MR) is 111 cm³/mol. The van der Waals surface area contributed by atoms with Gasteiger partial charge in [0.2, 0.25) is 5.75 Å². The van der Waals surface area contributed by atoms with Gasteiger partial charge in [-0.25, -0.2) is 0 Å². The zero-order valence-corrected chi connectivity index (χ0v) is 17.1. The number of nitrogens with one attached hydrogen (secondary N) is 2.